The molecule has 0 atom stereocenters. The highest BCUT2D eigenvalue weighted by Crippen LogP contribution is 2.11. The Hall–Kier alpha value is -1.60. The largest absolute Gasteiger partial charge is 0.370 e. The fraction of sp³-hybridized carbons (Fsp3) is 0.500. The average molecular weight is 312 g/mol. The molecule has 0 bridgehead atoms. The molecule has 0 fully saturated rings. The van der Waals surface area contributed by atoms with Gasteiger partial charge < -0.3 is 11.1 Å². The molecule has 0 aliphatic carbocycles. The maximum atomic E-state index is 11.8. The van der Waals surface area contributed by atoms with Crippen LogP contribution >= 0.6 is 0 Å². The fourth-order valence-electron chi connectivity index (χ4n) is 1.59. The van der Waals surface area contributed by atoms with Crippen LogP contribution in [0.3, 0.4) is 0 Å². The molecule has 7 heteroatoms. The van der Waals surface area contributed by atoms with Gasteiger partial charge in [-0.15, -0.1) is 0 Å². The number of nitrogens with zero attached hydrogens (tertiary/aromatic N) is 1. The molecule has 118 valence electrons. The lowest BCUT2D eigenvalue weighted by molar-refractivity contribution is 0.584. The molecule has 6 nitrogen and oxygen atoms in total. The number of sulfonamides is 1. The van der Waals surface area contributed by atoms with Crippen LogP contribution in [0.5, 0.6) is 0 Å². The van der Waals surface area contributed by atoms with Gasteiger partial charge in [0.2, 0.25) is 10.0 Å². The summed E-state index contributed by atoms with van der Waals surface area (Å²) in [6, 6.07) is 6.62. The summed E-state index contributed by atoms with van der Waals surface area (Å²) in [6.45, 7) is 7.47. The van der Waals surface area contributed by atoms with Gasteiger partial charge in [-0.1, -0.05) is 32.9 Å². The van der Waals surface area contributed by atoms with E-state index < -0.39 is 10.0 Å². The number of guanidine groups is 1. The first-order chi connectivity index (χ1) is 9.85. The van der Waals surface area contributed by atoms with Gasteiger partial charge in [0.25, 0.3) is 0 Å². The predicted octanol–water partition coefficient (Wildman–Crippen LogP) is 1.05. The summed E-state index contributed by atoms with van der Waals surface area (Å²) in [6.07, 6.45) is 0. The normalized spacial score (nSPS) is 12.7. The van der Waals surface area contributed by atoms with Gasteiger partial charge in [0.05, 0.1) is 11.4 Å². The zero-order valence-electron chi connectivity index (χ0n) is 12.8. The fourth-order valence-corrected chi connectivity index (χ4v) is 2.63. The van der Waals surface area contributed by atoms with E-state index in [1.807, 2.05) is 0 Å². The van der Waals surface area contributed by atoms with Crippen molar-refractivity contribution < 1.29 is 8.42 Å². The number of hydrogen-bond acceptors (Lipinski definition) is 3. The molecular formula is C14H24N4O2S. The first-order valence-electron chi connectivity index (χ1n) is 6.97. The Morgan fingerprint density at radius 3 is 2.43 bits per heavy atom. The Morgan fingerprint density at radius 2 is 1.90 bits per heavy atom. The van der Waals surface area contributed by atoms with Gasteiger partial charge in [0.1, 0.15) is 0 Å². The van der Waals surface area contributed by atoms with Crippen molar-refractivity contribution in [3.63, 3.8) is 0 Å². The first-order valence-corrected chi connectivity index (χ1v) is 8.46. The molecule has 0 aliphatic heterocycles. The summed E-state index contributed by atoms with van der Waals surface area (Å²) in [4.78, 5) is 4.47. The molecule has 1 rings (SSSR count). The van der Waals surface area contributed by atoms with Gasteiger partial charge in [-0.3, -0.25) is 0 Å². The molecule has 1 aromatic rings. The topological polar surface area (TPSA) is 96.6 Å². The van der Waals surface area contributed by atoms with Gasteiger partial charge in [0, 0.05) is 13.1 Å². The second kappa shape index (κ2) is 7.99. The van der Waals surface area contributed by atoms with Gasteiger partial charge >= 0.3 is 0 Å². The molecule has 0 unspecified atom stereocenters. The van der Waals surface area contributed by atoms with Gasteiger partial charge in [0.15, 0.2) is 5.96 Å². The summed E-state index contributed by atoms with van der Waals surface area (Å²) >= 11 is 0. The average Bonchev–Trinajstić information content (AvgIpc) is 2.43. The molecule has 0 saturated carbocycles. The van der Waals surface area contributed by atoms with E-state index in [9.17, 15) is 8.42 Å². The van der Waals surface area contributed by atoms with E-state index in [0.29, 0.717) is 25.0 Å². The number of hydrogen-bond donors (Lipinski definition) is 3. The second-order valence-electron chi connectivity index (χ2n) is 5.12. The van der Waals surface area contributed by atoms with E-state index in [-0.39, 0.29) is 4.90 Å². The first kappa shape index (κ1) is 17.5. The van der Waals surface area contributed by atoms with E-state index in [0.717, 1.165) is 12.1 Å². The lowest BCUT2D eigenvalue weighted by atomic mass is 10.2. The minimum atomic E-state index is -3.40. The molecule has 0 aromatic heterocycles. The highest BCUT2D eigenvalue weighted by molar-refractivity contribution is 7.89. The van der Waals surface area contributed by atoms with Crippen molar-refractivity contribution >= 4 is 16.0 Å². The van der Waals surface area contributed by atoms with Gasteiger partial charge in [-0.2, -0.15) is 0 Å². The van der Waals surface area contributed by atoms with Crippen molar-refractivity contribution in [3.8, 4) is 0 Å². The molecule has 0 spiro atoms. The lowest BCUT2D eigenvalue weighted by Gasteiger charge is -2.08. The van der Waals surface area contributed by atoms with Crippen LogP contribution in [-0.4, -0.2) is 27.5 Å². The third-order valence-corrected chi connectivity index (χ3v) is 4.25. The number of nitrogens with two attached hydrogens (primary N) is 1. The van der Waals surface area contributed by atoms with Crippen LogP contribution in [0, 0.1) is 5.92 Å². The SMILES string of the molecule is CCNS(=O)(=O)c1ccc(CN=C(N)NCC(C)C)cc1. The van der Waals surface area contributed by atoms with E-state index in [2.05, 4.69) is 28.9 Å². The number of rotatable bonds is 7. The van der Waals surface area contributed by atoms with Crippen molar-refractivity contribution in [2.24, 2.45) is 16.6 Å². The maximum absolute atomic E-state index is 11.8. The van der Waals surface area contributed by atoms with E-state index in [1.165, 1.54) is 0 Å². The van der Waals surface area contributed by atoms with Crippen molar-refractivity contribution in [2.75, 3.05) is 13.1 Å². The van der Waals surface area contributed by atoms with Crippen LogP contribution in [0.2, 0.25) is 0 Å². The van der Waals surface area contributed by atoms with Crippen molar-refractivity contribution in [2.45, 2.75) is 32.2 Å². The van der Waals surface area contributed by atoms with Gasteiger partial charge in [-0.05, 0) is 23.6 Å². The monoisotopic (exact) mass is 312 g/mol. The smallest absolute Gasteiger partial charge is 0.240 e. The molecule has 0 amide bonds. The van der Waals surface area contributed by atoms with Crippen LogP contribution in [-0.2, 0) is 16.6 Å². The number of aliphatic imine (C=N–C) groups is 1. The van der Waals surface area contributed by atoms with Crippen molar-refractivity contribution in [1.82, 2.24) is 10.0 Å². The number of benzene rings is 1. The summed E-state index contributed by atoms with van der Waals surface area (Å²) in [7, 11) is -3.40. The Bertz CT molecular complexity index is 565. The van der Waals surface area contributed by atoms with Crippen LogP contribution in [0.4, 0.5) is 0 Å². The molecule has 0 saturated heterocycles. The number of nitrogens with one attached hydrogen (secondary N) is 2. The summed E-state index contributed by atoms with van der Waals surface area (Å²) in [5, 5.41) is 3.03. The van der Waals surface area contributed by atoms with Gasteiger partial charge in [-0.25, -0.2) is 18.1 Å². The Labute approximate surface area is 126 Å². The van der Waals surface area contributed by atoms with Crippen molar-refractivity contribution in [3.05, 3.63) is 29.8 Å². The molecule has 0 radical (unpaired) electrons. The summed E-state index contributed by atoms with van der Waals surface area (Å²) < 4.78 is 26.0. The predicted molar refractivity (Wildman–Crippen MR) is 85.5 cm³/mol. The minimum Gasteiger partial charge on any atom is -0.370 e. The molecule has 0 heterocycles. The minimum absolute atomic E-state index is 0.253. The molecule has 4 N–H and O–H groups in total. The Kier molecular flexibility index (Phi) is 6.64. The summed E-state index contributed by atoms with van der Waals surface area (Å²) in [5.41, 5.74) is 6.64. The van der Waals surface area contributed by atoms with E-state index >= 15 is 0 Å². The third-order valence-electron chi connectivity index (χ3n) is 2.69. The third kappa shape index (κ3) is 6.14. The maximum Gasteiger partial charge on any atom is 0.240 e. The summed E-state index contributed by atoms with van der Waals surface area (Å²) in [5.74, 6) is 0.891. The van der Waals surface area contributed by atoms with Crippen LogP contribution in [0.15, 0.2) is 34.2 Å². The molecule has 21 heavy (non-hydrogen) atoms. The Balaban J connectivity index is 2.65. The van der Waals surface area contributed by atoms with Crippen LogP contribution < -0.4 is 15.8 Å². The van der Waals surface area contributed by atoms with E-state index in [1.54, 1.807) is 31.2 Å². The second-order valence-corrected chi connectivity index (χ2v) is 6.89. The quantitative estimate of drug-likeness (QED) is 0.518. The van der Waals surface area contributed by atoms with Crippen LogP contribution in [0.1, 0.15) is 26.3 Å². The highest BCUT2D eigenvalue weighted by Gasteiger charge is 2.11. The van der Waals surface area contributed by atoms with Crippen molar-refractivity contribution in [1.29, 1.82) is 0 Å². The zero-order valence-corrected chi connectivity index (χ0v) is 13.6. The lowest BCUT2D eigenvalue weighted by Crippen LogP contribution is -2.34. The molecule has 1 aromatic carbocycles. The molecular weight excluding hydrogens is 288 g/mol. The zero-order chi connectivity index (χ0) is 15.9. The van der Waals surface area contributed by atoms with Crippen LogP contribution in [0.25, 0.3) is 0 Å². The highest BCUT2D eigenvalue weighted by atomic mass is 32.2. The standard InChI is InChI=1S/C14H24N4O2S/c1-4-18-21(19,20)13-7-5-12(6-8-13)10-17-14(15)16-9-11(2)3/h5-8,11,18H,4,9-10H2,1-3H3,(H3,15,16,17). The van der Waals surface area contributed by atoms with E-state index in [4.69, 9.17) is 5.73 Å². The molecule has 0 aliphatic rings. The Morgan fingerprint density at radius 1 is 1.29 bits per heavy atom.